The first-order chi connectivity index (χ1) is 14.2. The summed E-state index contributed by atoms with van der Waals surface area (Å²) in [4.78, 5) is 1.08. The van der Waals surface area contributed by atoms with E-state index < -0.39 is 18.5 Å². The molecule has 1 aliphatic heterocycles. The molecule has 2 unspecified atom stereocenters. The Kier molecular flexibility index (Phi) is 6.39. The molecule has 0 saturated carbocycles. The van der Waals surface area contributed by atoms with Crippen LogP contribution in [0.15, 0.2) is 41.6 Å². The molecule has 3 rings (SSSR count). The summed E-state index contributed by atoms with van der Waals surface area (Å²) in [6.45, 7) is 1.40. The lowest BCUT2D eigenvalue weighted by molar-refractivity contribution is -0.215. The Labute approximate surface area is 175 Å². The van der Waals surface area contributed by atoms with Gasteiger partial charge in [-0.25, -0.2) is 0 Å². The fourth-order valence-corrected chi connectivity index (χ4v) is 3.36. The summed E-state index contributed by atoms with van der Waals surface area (Å²) in [5.74, 6) is 0.438. The summed E-state index contributed by atoms with van der Waals surface area (Å²) >= 11 is 6.13. The predicted molar refractivity (Wildman–Crippen MR) is 104 cm³/mol. The van der Waals surface area contributed by atoms with Crippen molar-refractivity contribution in [2.24, 2.45) is 5.16 Å². The molecule has 0 radical (unpaired) electrons. The van der Waals surface area contributed by atoms with Gasteiger partial charge in [0.2, 0.25) is 6.23 Å². The molecule has 6 nitrogen and oxygen atoms in total. The van der Waals surface area contributed by atoms with Crippen LogP contribution in [-0.4, -0.2) is 43.1 Å². The summed E-state index contributed by atoms with van der Waals surface area (Å²) in [6.07, 6.45) is -6.39. The maximum atomic E-state index is 13.6. The zero-order valence-electron chi connectivity index (χ0n) is 15.7. The molecule has 158 valence electrons. The van der Waals surface area contributed by atoms with Gasteiger partial charge in [-0.15, -0.1) is 0 Å². The Morgan fingerprint density at radius 2 is 2.03 bits per heavy atom. The van der Waals surface area contributed by atoms with Crippen molar-refractivity contribution in [1.29, 1.82) is 5.26 Å². The molecule has 2 atom stereocenters. The first-order valence-electron chi connectivity index (χ1n) is 8.83. The number of hydrogen-bond acceptors (Lipinski definition) is 6. The van der Waals surface area contributed by atoms with E-state index in [1.165, 1.54) is 18.3 Å². The highest BCUT2D eigenvalue weighted by Crippen LogP contribution is 2.38. The van der Waals surface area contributed by atoms with E-state index in [1.54, 1.807) is 31.2 Å². The SMILES string of the molecule is Cc1c(N2CC(COc3ccc(/C=N/O)cc3)OC2C(F)(F)F)ccc(C#N)c1Cl. The maximum Gasteiger partial charge on any atom is 0.433 e. The van der Waals surface area contributed by atoms with Gasteiger partial charge in [0.25, 0.3) is 0 Å². The zero-order valence-corrected chi connectivity index (χ0v) is 16.5. The van der Waals surface area contributed by atoms with Crippen LogP contribution in [0.2, 0.25) is 5.02 Å². The number of ether oxygens (including phenoxy) is 2. The van der Waals surface area contributed by atoms with E-state index in [9.17, 15) is 13.2 Å². The van der Waals surface area contributed by atoms with E-state index in [2.05, 4.69) is 5.16 Å². The van der Waals surface area contributed by atoms with Crippen LogP contribution in [-0.2, 0) is 4.74 Å². The molecule has 0 spiro atoms. The summed E-state index contributed by atoms with van der Waals surface area (Å²) < 4.78 is 51.6. The Hall–Kier alpha value is -2.96. The second-order valence-corrected chi connectivity index (χ2v) is 6.99. The first-order valence-corrected chi connectivity index (χ1v) is 9.20. The van der Waals surface area contributed by atoms with Crippen molar-refractivity contribution < 1.29 is 27.9 Å². The lowest BCUT2D eigenvalue weighted by atomic mass is 10.1. The van der Waals surface area contributed by atoms with E-state index in [0.29, 0.717) is 16.9 Å². The largest absolute Gasteiger partial charge is 0.491 e. The van der Waals surface area contributed by atoms with Crippen LogP contribution >= 0.6 is 11.6 Å². The second-order valence-electron chi connectivity index (χ2n) is 6.61. The summed E-state index contributed by atoms with van der Waals surface area (Å²) in [6, 6.07) is 11.2. The maximum absolute atomic E-state index is 13.6. The molecular weight excluding hydrogens is 423 g/mol. The van der Waals surface area contributed by atoms with E-state index in [0.717, 1.165) is 4.90 Å². The molecule has 0 bridgehead atoms. The summed E-state index contributed by atoms with van der Waals surface area (Å²) in [7, 11) is 0. The lowest BCUT2D eigenvalue weighted by Crippen LogP contribution is -2.42. The highest BCUT2D eigenvalue weighted by Gasteiger charge is 2.51. The highest BCUT2D eigenvalue weighted by atomic mass is 35.5. The van der Waals surface area contributed by atoms with Gasteiger partial charge in [-0.3, -0.25) is 0 Å². The summed E-state index contributed by atoms with van der Waals surface area (Å²) in [5, 5.41) is 20.6. The van der Waals surface area contributed by atoms with Crippen molar-refractivity contribution in [3.63, 3.8) is 0 Å². The number of anilines is 1. The van der Waals surface area contributed by atoms with Gasteiger partial charge in [-0.2, -0.15) is 18.4 Å². The quantitative estimate of drug-likeness (QED) is 0.421. The monoisotopic (exact) mass is 439 g/mol. The topological polar surface area (TPSA) is 78.1 Å². The molecule has 10 heteroatoms. The van der Waals surface area contributed by atoms with Crippen molar-refractivity contribution in [2.75, 3.05) is 18.1 Å². The van der Waals surface area contributed by atoms with Gasteiger partial charge in [-0.1, -0.05) is 16.8 Å². The second kappa shape index (κ2) is 8.81. The molecule has 30 heavy (non-hydrogen) atoms. The molecule has 2 aromatic carbocycles. The van der Waals surface area contributed by atoms with Crippen LogP contribution in [0.25, 0.3) is 0 Å². The van der Waals surface area contributed by atoms with Gasteiger partial charge in [-0.05, 0) is 54.4 Å². The molecule has 1 aliphatic rings. The number of oxime groups is 1. The predicted octanol–water partition coefficient (Wildman–Crippen LogP) is 4.50. The minimum atomic E-state index is -4.63. The number of nitriles is 1. The molecular formula is C20H17ClF3N3O3. The fourth-order valence-electron chi connectivity index (χ4n) is 3.16. The van der Waals surface area contributed by atoms with Crippen LogP contribution in [0.5, 0.6) is 5.75 Å². The molecule has 0 aliphatic carbocycles. The van der Waals surface area contributed by atoms with Crippen molar-refractivity contribution >= 4 is 23.5 Å². The average Bonchev–Trinajstić information content (AvgIpc) is 3.14. The number of nitrogens with zero attached hydrogens (tertiary/aromatic N) is 3. The third-order valence-electron chi connectivity index (χ3n) is 4.60. The Bertz CT molecular complexity index is 974. The van der Waals surface area contributed by atoms with Gasteiger partial charge in [0.1, 0.15) is 24.5 Å². The average molecular weight is 440 g/mol. The zero-order chi connectivity index (χ0) is 21.9. The van der Waals surface area contributed by atoms with Crippen LogP contribution in [0.1, 0.15) is 16.7 Å². The van der Waals surface area contributed by atoms with Crippen LogP contribution in [0.4, 0.5) is 18.9 Å². The van der Waals surface area contributed by atoms with E-state index >= 15 is 0 Å². The minimum Gasteiger partial charge on any atom is -0.491 e. The first kappa shape index (κ1) is 21.7. The van der Waals surface area contributed by atoms with Crippen molar-refractivity contribution in [3.05, 3.63) is 58.1 Å². The van der Waals surface area contributed by atoms with Crippen molar-refractivity contribution in [1.82, 2.24) is 0 Å². The normalized spacial score (nSPS) is 19.3. The lowest BCUT2D eigenvalue weighted by Gasteiger charge is -2.28. The standard InChI is InChI=1S/C20H17ClF3N3O3/c1-12-17(7-4-14(8-25)18(12)21)27-10-16(30-19(27)20(22,23)24)11-29-15-5-2-13(3-6-15)9-26-28/h2-7,9,16,19,28H,10-11H2,1H3/b26-9+. The molecule has 0 aromatic heterocycles. The van der Waals surface area contributed by atoms with Crippen LogP contribution in [0.3, 0.4) is 0 Å². The number of halogens is 4. The third-order valence-corrected chi connectivity index (χ3v) is 5.08. The van der Waals surface area contributed by atoms with Gasteiger partial charge < -0.3 is 19.6 Å². The van der Waals surface area contributed by atoms with Crippen molar-refractivity contribution in [2.45, 2.75) is 25.4 Å². The Morgan fingerprint density at radius 3 is 2.63 bits per heavy atom. The number of benzene rings is 2. The molecule has 1 fully saturated rings. The number of hydrogen-bond donors (Lipinski definition) is 1. The third kappa shape index (κ3) is 4.61. The molecule has 1 saturated heterocycles. The summed E-state index contributed by atoms with van der Waals surface area (Å²) in [5.41, 5.74) is 1.45. The molecule has 1 N–H and O–H groups in total. The molecule has 1 heterocycles. The van der Waals surface area contributed by atoms with E-state index in [4.69, 9.17) is 31.5 Å². The van der Waals surface area contributed by atoms with Gasteiger partial charge in [0, 0.05) is 5.69 Å². The van der Waals surface area contributed by atoms with E-state index in [-0.39, 0.29) is 29.4 Å². The van der Waals surface area contributed by atoms with Gasteiger partial charge >= 0.3 is 6.18 Å². The van der Waals surface area contributed by atoms with Crippen molar-refractivity contribution in [3.8, 4) is 11.8 Å². The Balaban J connectivity index is 1.77. The number of alkyl halides is 3. The molecule has 2 aromatic rings. The Morgan fingerprint density at radius 1 is 1.33 bits per heavy atom. The minimum absolute atomic E-state index is 0.0670. The van der Waals surface area contributed by atoms with Gasteiger partial charge in [0.15, 0.2) is 0 Å². The van der Waals surface area contributed by atoms with E-state index in [1.807, 2.05) is 6.07 Å². The highest BCUT2D eigenvalue weighted by molar-refractivity contribution is 6.32. The smallest absolute Gasteiger partial charge is 0.433 e. The number of rotatable bonds is 5. The van der Waals surface area contributed by atoms with Crippen LogP contribution in [0, 0.1) is 18.3 Å². The fraction of sp³-hybridized carbons (Fsp3) is 0.300. The van der Waals surface area contributed by atoms with Crippen LogP contribution < -0.4 is 9.64 Å². The van der Waals surface area contributed by atoms with Gasteiger partial charge in [0.05, 0.1) is 23.3 Å². The molecule has 0 amide bonds.